The summed E-state index contributed by atoms with van der Waals surface area (Å²) >= 11 is 0. The lowest BCUT2D eigenvalue weighted by atomic mass is 9.81. The number of rotatable bonds is 10. The van der Waals surface area contributed by atoms with Gasteiger partial charge in [0.1, 0.15) is 12.4 Å². The highest BCUT2D eigenvalue weighted by Crippen LogP contribution is 2.34. The van der Waals surface area contributed by atoms with E-state index in [0.717, 1.165) is 18.6 Å². The molecule has 0 aliphatic heterocycles. The van der Waals surface area contributed by atoms with Gasteiger partial charge < -0.3 is 15.2 Å². The number of hydrogen-bond acceptors (Lipinski definition) is 3. The molecule has 3 aromatic carbocycles. The second-order valence-corrected chi connectivity index (χ2v) is 8.96. The molecule has 0 bridgehead atoms. The number of nitrogens with one attached hydrogen (secondary N) is 1. The fourth-order valence-electron chi connectivity index (χ4n) is 4.72. The Kier molecular flexibility index (Phi) is 8.35. The molecule has 3 heteroatoms. The molecule has 1 aliphatic rings. The van der Waals surface area contributed by atoms with Gasteiger partial charge in [0.15, 0.2) is 0 Å². The van der Waals surface area contributed by atoms with E-state index < -0.39 is 0 Å². The van der Waals surface area contributed by atoms with E-state index in [0.29, 0.717) is 18.6 Å². The van der Waals surface area contributed by atoms with Gasteiger partial charge >= 0.3 is 0 Å². The summed E-state index contributed by atoms with van der Waals surface area (Å²) in [5.41, 5.74) is 3.94. The highest BCUT2D eigenvalue weighted by molar-refractivity contribution is 5.30. The number of ether oxygens (including phenoxy) is 1. The van der Waals surface area contributed by atoms with Crippen LogP contribution in [0.25, 0.3) is 0 Å². The first-order valence-corrected chi connectivity index (χ1v) is 12.0. The van der Waals surface area contributed by atoms with E-state index in [-0.39, 0.29) is 12.6 Å². The van der Waals surface area contributed by atoms with E-state index >= 15 is 0 Å². The van der Waals surface area contributed by atoms with Crippen LogP contribution in [0.5, 0.6) is 5.75 Å². The molecular formula is C29H35NO2. The van der Waals surface area contributed by atoms with Crippen molar-refractivity contribution in [2.24, 2.45) is 0 Å². The van der Waals surface area contributed by atoms with Crippen molar-refractivity contribution in [3.63, 3.8) is 0 Å². The summed E-state index contributed by atoms with van der Waals surface area (Å²) in [6, 6.07) is 30.2. The molecule has 0 spiro atoms. The monoisotopic (exact) mass is 429 g/mol. The van der Waals surface area contributed by atoms with Gasteiger partial charge in [-0.1, -0.05) is 72.8 Å². The Morgan fingerprint density at radius 3 is 2.03 bits per heavy atom. The molecule has 1 aliphatic carbocycles. The maximum Gasteiger partial charge on any atom is 0.119 e. The Morgan fingerprint density at radius 2 is 1.41 bits per heavy atom. The minimum atomic E-state index is 0.179. The van der Waals surface area contributed by atoms with E-state index in [1.54, 1.807) is 0 Å². The molecule has 32 heavy (non-hydrogen) atoms. The van der Waals surface area contributed by atoms with Gasteiger partial charge in [-0.25, -0.2) is 0 Å². The number of hydrogen-bond donors (Lipinski definition) is 2. The van der Waals surface area contributed by atoms with Crippen molar-refractivity contribution in [3.8, 4) is 5.75 Å². The molecule has 1 atom stereocenters. The topological polar surface area (TPSA) is 41.5 Å². The first kappa shape index (κ1) is 22.6. The quantitative estimate of drug-likeness (QED) is 0.423. The fourth-order valence-corrected chi connectivity index (χ4v) is 4.72. The van der Waals surface area contributed by atoms with Gasteiger partial charge in [0.2, 0.25) is 0 Å². The molecule has 3 aromatic rings. The van der Waals surface area contributed by atoms with E-state index in [9.17, 15) is 5.11 Å². The lowest BCUT2D eigenvalue weighted by Gasteiger charge is -2.32. The van der Waals surface area contributed by atoms with Crippen molar-refractivity contribution in [2.45, 2.75) is 63.1 Å². The summed E-state index contributed by atoms with van der Waals surface area (Å²) in [6.45, 7) is 0.810. The predicted octanol–water partition coefficient (Wildman–Crippen LogP) is 5.88. The van der Waals surface area contributed by atoms with Crippen LogP contribution >= 0.6 is 0 Å². The molecule has 3 nitrogen and oxygen atoms in total. The second kappa shape index (κ2) is 11.8. The zero-order valence-electron chi connectivity index (χ0n) is 18.8. The van der Waals surface area contributed by atoms with Gasteiger partial charge in [-0.15, -0.1) is 0 Å². The maximum absolute atomic E-state index is 9.83. The van der Waals surface area contributed by atoms with Crippen LogP contribution in [0.15, 0.2) is 84.9 Å². The molecule has 0 saturated heterocycles. The van der Waals surface area contributed by atoms with Gasteiger partial charge in [-0.2, -0.15) is 0 Å². The molecule has 1 fully saturated rings. The van der Waals surface area contributed by atoms with Crippen LogP contribution in [0.1, 0.15) is 54.7 Å². The van der Waals surface area contributed by atoms with Crippen molar-refractivity contribution >= 4 is 0 Å². The van der Waals surface area contributed by atoms with Gasteiger partial charge in [-0.3, -0.25) is 0 Å². The van der Waals surface area contributed by atoms with Crippen molar-refractivity contribution < 1.29 is 9.84 Å². The Bertz CT molecular complexity index is 903. The van der Waals surface area contributed by atoms with E-state index in [4.69, 9.17) is 4.74 Å². The zero-order valence-corrected chi connectivity index (χ0v) is 18.8. The average molecular weight is 430 g/mol. The third kappa shape index (κ3) is 6.69. The summed E-state index contributed by atoms with van der Waals surface area (Å²) in [5.74, 6) is 1.55. The minimum Gasteiger partial charge on any atom is -0.489 e. The van der Waals surface area contributed by atoms with Crippen LogP contribution < -0.4 is 10.1 Å². The lowest BCUT2D eigenvalue weighted by molar-refractivity contribution is 0.209. The summed E-state index contributed by atoms with van der Waals surface area (Å²) in [6.07, 6.45) is 6.70. The van der Waals surface area contributed by atoms with Gasteiger partial charge in [0.25, 0.3) is 0 Å². The molecule has 4 rings (SSSR count). The third-order valence-electron chi connectivity index (χ3n) is 6.64. The minimum absolute atomic E-state index is 0.179. The van der Waals surface area contributed by atoms with Crippen LogP contribution in [-0.2, 0) is 13.0 Å². The Labute approximate surface area is 192 Å². The zero-order chi connectivity index (χ0) is 22.0. The highest BCUT2D eigenvalue weighted by Gasteiger charge is 2.24. The number of aliphatic hydroxyl groups excluding tert-OH is 1. The molecule has 1 saturated carbocycles. The summed E-state index contributed by atoms with van der Waals surface area (Å²) in [7, 11) is 0. The summed E-state index contributed by atoms with van der Waals surface area (Å²) in [4.78, 5) is 0. The molecular weight excluding hydrogens is 394 g/mol. The van der Waals surface area contributed by atoms with E-state index in [1.807, 2.05) is 18.2 Å². The SMILES string of the molecule is OCC(CCc1ccccc1)N[C@H]1CC[C@H](c2ccc(OCc3ccccc3)cc2)CC1. The third-order valence-corrected chi connectivity index (χ3v) is 6.64. The summed E-state index contributed by atoms with van der Waals surface area (Å²) in [5, 5.41) is 13.6. The second-order valence-electron chi connectivity index (χ2n) is 8.96. The molecule has 168 valence electrons. The maximum atomic E-state index is 9.83. The van der Waals surface area contributed by atoms with Crippen LogP contribution in [0.3, 0.4) is 0 Å². The van der Waals surface area contributed by atoms with Gasteiger partial charge in [0, 0.05) is 12.1 Å². The van der Waals surface area contributed by atoms with Crippen LogP contribution in [-0.4, -0.2) is 23.8 Å². The number of aliphatic hydroxyl groups is 1. The molecule has 1 unspecified atom stereocenters. The molecule has 0 aromatic heterocycles. The Hall–Kier alpha value is -2.62. The molecule has 2 N–H and O–H groups in total. The first-order valence-electron chi connectivity index (χ1n) is 12.0. The Morgan fingerprint density at radius 1 is 0.781 bits per heavy atom. The largest absolute Gasteiger partial charge is 0.489 e. The predicted molar refractivity (Wildman–Crippen MR) is 131 cm³/mol. The average Bonchev–Trinajstić information content (AvgIpc) is 2.87. The van der Waals surface area contributed by atoms with Crippen molar-refractivity contribution in [2.75, 3.05) is 6.61 Å². The normalized spacial score (nSPS) is 19.4. The lowest BCUT2D eigenvalue weighted by Crippen LogP contribution is -2.42. The summed E-state index contributed by atoms with van der Waals surface area (Å²) < 4.78 is 5.93. The van der Waals surface area contributed by atoms with E-state index in [2.05, 4.69) is 72.0 Å². The molecule has 0 amide bonds. The molecule has 0 radical (unpaired) electrons. The smallest absolute Gasteiger partial charge is 0.119 e. The van der Waals surface area contributed by atoms with E-state index in [1.165, 1.54) is 42.4 Å². The van der Waals surface area contributed by atoms with Crippen LogP contribution in [0.2, 0.25) is 0 Å². The van der Waals surface area contributed by atoms with Crippen molar-refractivity contribution in [3.05, 3.63) is 102 Å². The number of benzene rings is 3. The Balaban J connectivity index is 1.20. The molecule has 0 heterocycles. The number of aryl methyl sites for hydroxylation is 1. The van der Waals surface area contributed by atoms with Crippen molar-refractivity contribution in [1.82, 2.24) is 5.32 Å². The van der Waals surface area contributed by atoms with Gasteiger partial charge in [0.05, 0.1) is 6.61 Å². The van der Waals surface area contributed by atoms with Crippen molar-refractivity contribution in [1.29, 1.82) is 0 Å². The standard InChI is InChI=1S/C29H35NO2/c31-21-28(16-11-23-7-3-1-4-8-23)30-27-17-12-25(13-18-27)26-14-19-29(20-15-26)32-22-24-9-5-2-6-10-24/h1-10,14-15,19-20,25,27-28,30-31H,11-13,16-18,21-22H2/t25-,27-,28?. The van der Waals surface area contributed by atoms with Crippen LogP contribution in [0.4, 0.5) is 0 Å². The fraction of sp³-hybridized carbons (Fsp3) is 0.379. The van der Waals surface area contributed by atoms with Crippen LogP contribution in [0, 0.1) is 0 Å². The highest BCUT2D eigenvalue weighted by atomic mass is 16.5. The first-order chi connectivity index (χ1) is 15.8. The van der Waals surface area contributed by atoms with Gasteiger partial charge in [-0.05, 0) is 73.3 Å².